The van der Waals surface area contributed by atoms with Gasteiger partial charge in [-0.1, -0.05) is 146 Å². The van der Waals surface area contributed by atoms with Gasteiger partial charge in [-0.25, -0.2) is 15.0 Å². The van der Waals surface area contributed by atoms with Crippen LogP contribution in [0.5, 0.6) is 0 Å². The fourth-order valence-electron chi connectivity index (χ4n) is 10.2. The SMILES string of the molecule is N#Cc1ccc(-c2ccc3c(c2)c2ccccc2n3-c2cccnc2-c2c(-c3nc(-c4ccccc4)nc(-c4ccccc4)n3)cccc2-n2c3ccccc3c3cc(-c4ccc(C#N)cc4)ccc32)cc1. The van der Waals surface area contributed by atoms with Gasteiger partial charge in [-0.15, -0.1) is 0 Å². The summed E-state index contributed by atoms with van der Waals surface area (Å²) in [4.78, 5) is 21.1. The zero-order chi connectivity index (χ0) is 48.1. The molecule has 0 saturated carbocycles. The number of pyridine rings is 1. The maximum Gasteiger partial charge on any atom is 0.164 e. The van der Waals surface area contributed by atoms with Crippen molar-refractivity contribution in [3.63, 3.8) is 0 Å². The fourth-order valence-corrected chi connectivity index (χ4v) is 10.2. The first-order valence-electron chi connectivity index (χ1n) is 23.7. The second kappa shape index (κ2) is 17.4. The Bertz CT molecular complexity index is 4270. The molecule has 0 spiro atoms. The molecule has 0 N–H and O–H groups in total. The van der Waals surface area contributed by atoms with Gasteiger partial charge in [-0.05, 0) is 101 Å². The first-order valence-corrected chi connectivity index (χ1v) is 23.7. The van der Waals surface area contributed by atoms with E-state index in [1.807, 2.05) is 121 Å². The molecule has 4 heterocycles. The molecular weight excluding hydrogens is 881 g/mol. The third-order valence-electron chi connectivity index (χ3n) is 13.5. The molecule has 8 nitrogen and oxygen atoms in total. The van der Waals surface area contributed by atoms with Crippen molar-refractivity contribution in [2.24, 2.45) is 0 Å². The van der Waals surface area contributed by atoms with Gasteiger partial charge in [-0.3, -0.25) is 4.98 Å². The first kappa shape index (κ1) is 41.9. The summed E-state index contributed by atoms with van der Waals surface area (Å²) in [6, 6.07) is 80.8. The lowest BCUT2D eigenvalue weighted by atomic mass is 9.98. The summed E-state index contributed by atoms with van der Waals surface area (Å²) in [5.41, 5.74) is 15.4. The maximum atomic E-state index is 9.55. The van der Waals surface area contributed by atoms with E-state index in [1.54, 1.807) is 0 Å². The van der Waals surface area contributed by atoms with Gasteiger partial charge in [0.15, 0.2) is 17.5 Å². The van der Waals surface area contributed by atoms with Crippen LogP contribution in [0.15, 0.2) is 231 Å². The van der Waals surface area contributed by atoms with Crippen molar-refractivity contribution in [1.82, 2.24) is 29.1 Å². The van der Waals surface area contributed by atoms with Crippen molar-refractivity contribution in [1.29, 1.82) is 10.5 Å². The molecule has 72 heavy (non-hydrogen) atoms. The monoisotopic (exact) mass is 918 g/mol. The Kier molecular flexibility index (Phi) is 10.1. The Labute approximate surface area is 414 Å². The Morgan fingerprint density at radius 1 is 0.333 bits per heavy atom. The maximum absolute atomic E-state index is 9.55. The molecule has 8 heteroatoms. The van der Waals surface area contributed by atoms with Crippen LogP contribution in [0.25, 0.3) is 123 Å². The smallest absolute Gasteiger partial charge is 0.164 e. The van der Waals surface area contributed by atoms with E-state index in [9.17, 15) is 10.5 Å². The Balaban J connectivity index is 1.11. The number of aromatic nitrogens is 6. The van der Waals surface area contributed by atoms with Gasteiger partial charge < -0.3 is 9.13 Å². The minimum atomic E-state index is 0.509. The van der Waals surface area contributed by atoms with E-state index in [2.05, 4.69) is 130 Å². The van der Waals surface area contributed by atoms with E-state index in [0.29, 0.717) is 28.6 Å². The van der Waals surface area contributed by atoms with Crippen LogP contribution in [-0.4, -0.2) is 29.1 Å². The standard InChI is InChI=1S/C64H38N8/c65-39-41-24-28-43(29-25-41)47-32-34-56-52(37-47)49-17-7-9-20-54(49)71(56)58-22-11-19-51(64-69-62(45-13-3-1-4-14-45)68-63(70-64)46-15-5-2-6-16-46)60(58)61-59(23-12-36-67-61)72-55-21-10-8-18-50(55)53-38-48(33-35-57(53)72)44-30-26-42(40-66)27-31-44/h1-38H. The lowest BCUT2D eigenvalue weighted by Gasteiger charge is -2.20. The number of hydrogen-bond donors (Lipinski definition) is 0. The predicted octanol–water partition coefficient (Wildman–Crippen LogP) is 15.2. The summed E-state index contributed by atoms with van der Waals surface area (Å²) in [6.45, 7) is 0. The molecule has 0 amide bonds. The molecule has 0 aliphatic rings. The summed E-state index contributed by atoms with van der Waals surface area (Å²) in [7, 11) is 0. The number of hydrogen-bond acceptors (Lipinski definition) is 6. The highest BCUT2D eigenvalue weighted by atomic mass is 15.0. The van der Waals surface area contributed by atoms with Crippen molar-refractivity contribution in [3.8, 4) is 91.2 Å². The molecule has 13 rings (SSSR count). The molecule has 0 radical (unpaired) electrons. The van der Waals surface area contributed by atoms with Gasteiger partial charge in [0, 0.05) is 50.0 Å². The van der Waals surface area contributed by atoms with Crippen LogP contribution in [0.1, 0.15) is 11.1 Å². The summed E-state index contributed by atoms with van der Waals surface area (Å²) >= 11 is 0. The third kappa shape index (κ3) is 7.07. The molecule has 0 aliphatic heterocycles. The highest BCUT2D eigenvalue weighted by molar-refractivity contribution is 6.13. The van der Waals surface area contributed by atoms with Crippen LogP contribution in [0, 0.1) is 22.7 Å². The van der Waals surface area contributed by atoms with Gasteiger partial charge in [0.25, 0.3) is 0 Å². The molecule has 0 atom stereocenters. The fraction of sp³-hybridized carbons (Fsp3) is 0. The van der Waals surface area contributed by atoms with Crippen LogP contribution >= 0.6 is 0 Å². The molecule has 334 valence electrons. The highest BCUT2D eigenvalue weighted by Gasteiger charge is 2.26. The summed E-state index contributed by atoms with van der Waals surface area (Å²) < 4.78 is 4.67. The van der Waals surface area contributed by atoms with Crippen molar-refractivity contribution in [2.75, 3.05) is 0 Å². The number of benzene rings is 9. The topological polar surface area (TPSA) is 109 Å². The van der Waals surface area contributed by atoms with Crippen molar-refractivity contribution in [3.05, 3.63) is 242 Å². The summed E-state index contributed by atoms with van der Waals surface area (Å²) in [5, 5.41) is 23.4. The van der Waals surface area contributed by atoms with Crippen LogP contribution < -0.4 is 0 Å². The van der Waals surface area contributed by atoms with Crippen molar-refractivity contribution < 1.29 is 0 Å². The second-order valence-corrected chi connectivity index (χ2v) is 17.7. The summed E-state index contributed by atoms with van der Waals surface area (Å²) in [6.07, 6.45) is 1.87. The van der Waals surface area contributed by atoms with E-state index in [4.69, 9.17) is 19.9 Å². The third-order valence-corrected chi connectivity index (χ3v) is 13.5. The lowest BCUT2D eigenvalue weighted by molar-refractivity contribution is 1.07. The minimum Gasteiger partial charge on any atom is -0.309 e. The lowest BCUT2D eigenvalue weighted by Crippen LogP contribution is -2.06. The molecule has 13 aromatic rings. The number of nitriles is 2. The molecule has 0 bridgehead atoms. The molecule has 0 saturated heterocycles. The minimum absolute atomic E-state index is 0.509. The van der Waals surface area contributed by atoms with Gasteiger partial charge in [0.2, 0.25) is 0 Å². The average molecular weight is 919 g/mol. The predicted molar refractivity (Wildman–Crippen MR) is 288 cm³/mol. The quantitative estimate of drug-likeness (QED) is 0.150. The van der Waals surface area contributed by atoms with Crippen LogP contribution in [0.4, 0.5) is 0 Å². The average Bonchev–Trinajstić information content (AvgIpc) is 3.97. The van der Waals surface area contributed by atoms with Crippen LogP contribution in [0.3, 0.4) is 0 Å². The van der Waals surface area contributed by atoms with Gasteiger partial charge >= 0.3 is 0 Å². The van der Waals surface area contributed by atoms with Crippen LogP contribution in [0.2, 0.25) is 0 Å². The first-order chi connectivity index (χ1) is 35.6. The number of fused-ring (bicyclic) bond motifs is 6. The molecule has 0 unspecified atom stereocenters. The summed E-state index contributed by atoms with van der Waals surface area (Å²) in [5.74, 6) is 1.63. The highest BCUT2D eigenvalue weighted by Crippen LogP contribution is 2.45. The van der Waals surface area contributed by atoms with E-state index in [0.717, 1.165) is 105 Å². The number of rotatable bonds is 8. The van der Waals surface area contributed by atoms with Gasteiger partial charge in [0.1, 0.15) is 0 Å². The Morgan fingerprint density at radius 3 is 1.31 bits per heavy atom. The molecular formula is C64H38N8. The second-order valence-electron chi connectivity index (χ2n) is 17.7. The Morgan fingerprint density at radius 2 is 0.778 bits per heavy atom. The van der Waals surface area contributed by atoms with E-state index < -0.39 is 0 Å². The van der Waals surface area contributed by atoms with E-state index in [1.165, 1.54) is 0 Å². The van der Waals surface area contributed by atoms with E-state index in [-0.39, 0.29) is 0 Å². The van der Waals surface area contributed by atoms with Gasteiger partial charge in [0.05, 0.1) is 62.4 Å². The Hall–Kier alpha value is -10.3. The van der Waals surface area contributed by atoms with E-state index >= 15 is 0 Å². The number of para-hydroxylation sites is 2. The molecule has 9 aromatic carbocycles. The molecule has 4 aromatic heterocycles. The van der Waals surface area contributed by atoms with Crippen LogP contribution in [-0.2, 0) is 0 Å². The normalized spacial score (nSPS) is 11.3. The van der Waals surface area contributed by atoms with Gasteiger partial charge in [-0.2, -0.15) is 10.5 Å². The largest absolute Gasteiger partial charge is 0.309 e. The molecule has 0 fully saturated rings. The number of nitrogens with zero attached hydrogens (tertiary/aromatic N) is 8. The zero-order valence-electron chi connectivity index (χ0n) is 38.5. The molecule has 0 aliphatic carbocycles. The zero-order valence-corrected chi connectivity index (χ0v) is 38.5. The van der Waals surface area contributed by atoms with Crippen molar-refractivity contribution >= 4 is 43.6 Å². The van der Waals surface area contributed by atoms with Crippen molar-refractivity contribution in [2.45, 2.75) is 0 Å².